The summed E-state index contributed by atoms with van der Waals surface area (Å²) in [5.74, 6) is 0.749. The predicted octanol–water partition coefficient (Wildman–Crippen LogP) is 3.56. The topological polar surface area (TPSA) is 86.7 Å². The van der Waals surface area contributed by atoms with Gasteiger partial charge in [-0.15, -0.1) is 11.3 Å². The minimum absolute atomic E-state index is 0.0448. The van der Waals surface area contributed by atoms with E-state index in [0.717, 1.165) is 53.2 Å². The van der Waals surface area contributed by atoms with E-state index in [1.165, 1.54) is 16.0 Å². The molecule has 0 unspecified atom stereocenters. The third-order valence-corrected chi connectivity index (χ3v) is 7.03. The van der Waals surface area contributed by atoms with Crippen LogP contribution in [0.3, 0.4) is 0 Å². The molecule has 1 aromatic carbocycles. The molecule has 4 aromatic rings. The summed E-state index contributed by atoms with van der Waals surface area (Å²) < 4.78 is 5.12. The van der Waals surface area contributed by atoms with Gasteiger partial charge in [0.25, 0.3) is 5.91 Å². The van der Waals surface area contributed by atoms with Gasteiger partial charge in [-0.2, -0.15) is 10.2 Å². The Labute approximate surface area is 193 Å². The van der Waals surface area contributed by atoms with Gasteiger partial charge in [-0.1, -0.05) is 17.7 Å². The molecule has 10 heteroatoms. The van der Waals surface area contributed by atoms with Crippen LogP contribution in [0, 0.1) is 6.92 Å². The van der Waals surface area contributed by atoms with Crippen LogP contribution in [0.4, 0.5) is 0 Å². The zero-order chi connectivity index (χ0) is 22.2. The SMILES string of the molecule is Cc1nn(-c2cccc(Cl)c2)c2sc(C(=O)NCCCn3nc4n(c3=O)CCCC4)cc12. The van der Waals surface area contributed by atoms with Crippen LogP contribution in [-0.4, -0.2) is 36.6 Å². The number of hydrogen-bond donors (Lipinski definition) is 1. The molecule has 0 spiro atoms. The lowest BCUT2D eigenvalue weighted by Crippen LogP contribution is -2.29. The van der Waals surface area contributed by atoms with E-state index in [2.05, 4.69) is 15.5 Å². The van der Waals surface area contributed by atoms with Gasteiger partial charge in [0.15, 0.2) is 0 Å². The number of nitrogens with zero attached hydrogens (tertiary/aromatic N) is 5. The van der Waals surface area contributed by atoms with Crippen LogP contribution in [0.25, 0.3) is 15.9 Å². The maximum Gasteiger partial charge on any atom is 0.345 e. The fourth-order valence-electron chi connectivity index (χ4n) is 4.05. The number of amides is 1. The van der Waals surface area contributed by atoms with Crippen LogP contribution in [0.2, 0.25) is 5.02 Å². The molecule has 5 rings (SSSR count). The molecule has 0 saturated heterocycles. The Balaban J connectivity index is 1.25. The predicted molar refractivity (Wildman–Crippen MR) is 125 cm³/mol. The summed E-state index contributed by atoms with van der Waals surface area (Å²) in [5, 5.41) is 13.6. The Morgan fingerprint density at radius 2 is 2.12 bits per heavy atom. The van der Waals surface area contributed by atoms with Crippen LogP contribution < -0.4 is 11.0 Å². The Hall–Kier alpha value is -2.91. The highest BCUT2D eigenvalue weighted by Crippen LogP contribution is 2.31. The lowest BCUT2D eigenvalue weighted by Gasteiger charge is -2.09. The molecule has 166 valence electrons. The van der Waals surface area contributed by atoms with Gasteiger partial charge < -0.3 is 5.32 Å². The number of hydrogen-bond acceptors (Lipinski definition) is 5. The Bertz CT molecular complexity index is 1360. The Morgan fingerprint density at radius 1 is 1.25 bits per heavy atom. The minimum atomic E-state index is -0.125. The van der Waals surface area contributed by atoms with Crippen molar-refractivity contribution in [3.8, 4) is 5.69 Å². The van der Waals surface area contributed by atoms with Crippen LogP contribution in [-0.2, 0) is 19.5 Å². The average molecular weight is 471 g/mol. The summed E-state index contributed by atoms with van der Waals surface area (Å²) in [7, 11) is 0. The van der Waals surface area contributed by atoms with Crippen molar-refractivity contribution in [2.24, 2.45) is 0 Å². The Kier molecular flexibility index (Phi) is 5.60. The molecule has 4 heterocycles. The molecule has 32 heavy (non-hydrogen) atoms. The molecule has 1 aliphatic rings. The van der Waals surface area contributed by atoms with Crippen LogP contribution in [0.5, 0.6) is 0 Å². The van der Waals surface area contributed by atoms with Crippen molar-refractivity contribution in [2.45, 2.75) is 45.7 Å². The second-order valence-electron chi connectivity index (χ2n) is 7.95. The normalized spacial score (nSPS) is 13.4. The number of aryl methyl sites for hydroxylation is 3. The van der Waals surface area contributed by atoms with Crippen LogP contribution in [0.1, 0.15) is 40.5 Å². The number of carbonyl (C=O) groups is 1. The van der Waals surface area contributed by atoms with Crippen molar-refractivity contribution in [1.82, 2.24) is 29.4 Å². The van der Waals surface area contributed by atoms with E-state index in [1.54, 1.807) is 4.57 Å². The smallest absolute Gasteiger partial charge is 0.345 e. The molecule has 1 aliphatic heterocycles. The first kappa shape index (κ1) is 21.0. The average Bonchev–Trinajstić information content (AvgIpc) is 3.45. The monoisotopic (exact) mass is 470 g/mol. The maximum absolute atomic E-state index is 12.7. The zero-order valence-corrected chi connectivity index (χ0v) is 19.2. The molecular formula is C22H23ClN6O2S. The lowest BCUT2D eigenvalue weighted by atomic mass is 10.2. The van der Waals surface area contributed by atoms with Gasteiger partial charge >= 0.3 is 5.69 Å². The van der Waals surface area contributed by atoms with E-state index in [-0.39, 0.29) is 11.6 Å². The van der Waals surface area contributed by atoms with E-state index < -0.39 is 0 Å². The number of rotatable bonds is 6. The van der Waals surface area contributed by atoms with E-state index in [1.807, 2.05) is 41.9 Å². The van der Waals surface area contributed by atoms with E-state index >= 15 is 0 Å². The van der Waals surface area contributed by atoms with E-state index in [9.17, 15) is 9.59 Å². The number of fused-ring (bicyclic) bond motifs is 2. The molecule has 0 bridgehead atoms. The molecule has 1 N–H and O–H groups in total. The van der Waals surface area contributed by atoms with Gasteiger partial charge in [0.05, 0.1) is 16.3 Å². The van der Waals surface area contributed by atoms with Gasteiger partial charge in [-0.25, -0.2) is 14.2 Å². The number of aromatic nitrogens is 5. The van der Waals surface area contributed by atoms with Crippen molar-refractivity contribution in [1.29, 1.82) is 0 Å². The number of benzene rings is 1. The number of thiophene rings is 1. The van der Waals surface area contributed by atoms with E-state index in [4.69, 9.17) is 11.6 Å². The minimum Gasteiger partial charge on any atom is -0.351 e. The zero-order valence-electron chi connectivity index (χ0n) is 17.7. The van der Waals surface area contributed by atoms with Crippen molar-refractivity contribution in [3.05, 3.63) is 62.2 Å². The third kappa shape index (κ3) is 3.86. The highest BCUT2D eigenvalue weighted by Gasteiger charge is 2.18. The number of halogens is 1. The van der Waals surface area contributed by atoms with Crippen LogP contribution >= 0.6 is 22.9 Å². The Morgan fingerprint density at radius 3 is 2.94 bits per heavy atom. The summed E-state index contributed by atoms with van der Waals surface area (Å²) in [5.41, 5.74) is 1.67. The van der Waals surface area contributed by atoms with Crippen molar-refractivity contribution in [3.63, 3.8) is 0 Å². The van der Waals surface area contributed by atoms with Gasteiger partial charge in [-0.3, -0.25) is 9.36 Å². The number of nitrogens with one attached hydrogen (secondary N) is 1. The van der Waals surface area contributed by atoms with Crippen molar-refractivity contribution >= 4 is 39.1 Å². The molecular weight excluding hydrogens is 448 g/mol. The lowest BCUT2D eigenvalue weighted by molar-refractivity contribution is 0.0956. The van der Waals surface area contributed by atoms with Gasteiger partial charge in [0.1, 0.15) is 10.7 Å². The summed E-state index contributed by atoms with van der Waals surface area (Å²) in [6.45, 7) is 3.65. The maximum atomic E-state index is 12.7. The second kappa shape index (κ2) is 8.55. The highest BCUT2D eigenvalue weighted by molar-refractivity contribution is 7.20. The fourth-order valence-corrected chi connectivity index (χ4v) is 5.34. The molecule has 1 amide bonds. The molecule has 0 fully saturated rings. The van der Waals surface area contributed by atoms with Crippen molar-refractivity contribution in [2.75, 3.05) is 6.54 Å². The fraction of sp³-hybridized carbons (Fsp3) is 0.364. The van der Waals surface area contributed by atoms with E-state index in [0.29, 0.717) is 29.4 Å². The first-order chi connectivity index (χ1) is 15.5. The van der Waals surface area contributed by atoms with Gasteiger partial charge in [0.2, 0.25) is 0 Å². The van der Waals surface area contributed by atoms with Gasteiger partial charge in [0, 0.05) is 36.5 Å². The summed E-state index contributed by atoms with van der Waals surface area (Å²) in [6, 6.07) is 9.37. The summed E-state index contributed by atoms with van der Waals surface area (Å²) in [6.07, 6.45) is 3.61. The molecule has 8 nitrogen and oxygen atoms in total. The molecule has 0 atom stereocenters. The van der Waals surface area contributed by atoms with Crippen LogP contribution in [0.15, 0.2) is 35.1 Å². The first-order valence-corrected chi connectivity index (χ1v) is 11.9. The standard InChI is InChI=1S/C22H23ClN6O2S/c1-14-17-13-18(32-21(17)29(25-14)16-7-4-6-15(23)12-16)20(30)24-9-5-11-28-22(31)27-10-3-2-8-19(27)26-28/h4,6-7,12-13H,2-3,5,8-11H2,1H3,(H,24,30). The quantitative estimate of drug-likeness (QED) is 0.436. The number of carbonyl (C=O) groups excluding carboxylic acids is 1. The van der Waals surface area contributed by atoms with Gasteiger partial charge in [-0.05, 0) is 50.5 Å². The third-order valence-electron chi connectivity index (χ3n) is 5.68. The largest absolute Gasteiger partial charge is 0.351 e. The summed E-state index contributed by atoms with van der Waals surface area (Å²) >= 11 is 7.54. The molecule has 0 radical (unpaired) electrons. The highest BCUT2D eigenvalue weighted by atomic mass is 35.5. The molecule has 0 saturated carbocycles. The second-order valence-corrected chi connectivity index (χ2v) is 9.41. The molecule has 3 aromatic heterocycles. The summed E-state index contributed by atoms with van der Waals surface area (Å²) in [4.78, 5) is 26.7. The van der Waals surface area contributed by atoms with Crippen molar-refractivity contribution < 1.29 is 4.79 Å². The molecule has 0 aliphatic carbocycles. The first-order valence-electron chi connectivity index (χ1n) is 10.7.